The summed E-state index contributed by atoms with van der Waals surface area (Å²) in [5, 5.41) is 7.65. The van der Waals surface area contributed by atoms with Crippen molar-refractivity contribution in [2.75, 3.05) is 31.0 Å². The molecular weight excluding hydrogens is 564 g/mol. The van der Waals surface area contributed by atoms with Crippen LogP contribution in [0.3, 0.4) is 0 Å². The number of aromatic nitrogens is 2. The van der Waals surface area contributed by atoms with Gasteiger partial charge in [0.05, 0.1) is 35.5 Å². The van der Waals surface area contributed by atoms with E-state index in [2.05, 4.69) is 20.6 Å². The van der Waals surface area contributed by atoms with Gasteiger partial charge in [-0.1, -0.05) is 41.9 Å². The molecule has 0 saturated carbocycles. The van der Waals surface area contributed by atoms with Crippen LogP contribution in [-0.4, -0.2) is 44.0 Å². The van der Waals surface area contributed by atoms with Crippen LogP contribution < -0.4 is 20.1 Å². The molecule has 0 amide bonds. The molecule has 3 aromatic carbocycles. The van der Waals surface area contributed by atoms with Crippen molar-refractivity contribution in [3.05, 3.63) is 95.5 Å². The Morgan fingerprint density at radius 2 is 1.80 bits per heavy atom. The fourth-order valence-electron chi connectivity index (χ4n) is 4.20. The second-order valence-electron chi connectivity index (χ2n) is 9.41. The minimum absolute atomic E-state index is 0.0590. The van der Waals surface area contributed by atoms with E-state index in [-0.39, 0.29) is 5.75 Å². The molecule has 0 atom stereocenters. The number of hydrogen-bond donors (Lipinski definition) is 2. The van der Waals surface area contributed by atoms with Crippen molar-refractivity contribution in [2.24, 2.45) is 0 Å². The summed E-state index contributed by atoms with van der Waals surface area (Å²) in [6.07, 6.45) is 2.69. The number of nitrogens with zero attached hydrogens (tertiary/aromatic N) is 2. The predicted molar refractivity (Wildman–Crippen MR) is 161 cm³/mol. The molecule has 0 unspecified atom stereocenters. The van der Waals surface area contributed by atoms with E-state index in [4.69, 9.17) is 25.5 Å². The van der Waals surface area contributed by atoms with E-state index in [0.717, 1.165) is 22.2 Å². The molecule has 2 aromatic heterocycles. The summed E-state index contributed by atoms with van der Waals surface area (Å²) in [7, 11) is -1.44. The van der Waals surface area contributed by atoms with Gasteiger partial charge in [-0.15, -0.1) is 0 Å². The van der Waals surface area contributed by atoms with Crippen molar-refractivity contribution in [1.82, 2.24) is 15.3 Å². The summed E-state index contributed by atoms with van der Waals surface area (Å²) in [5.41, 5.74) is 3.20. The van der Waals surface area contributed by atoms with E-state index >= 15 is 0 Å². The Labute approximate surface area is 243 Å². The van der Waals surface area contributed by atoms with Gasteiger partial charge in [0, 0.05) is 29.9 Å². The Bertz CT molecular complexity index is 1760. The molecule has 0 fully saturated rings. The molecule has 212 valence electrons. The van der Waals surface area contributed by atoms with Gasteiger partial charge in [-0.3, -0.25) is 0 Å². The van der Waals surface area contributed by atoms with Crippen LogP contribution in [0.15, 0.2) is 83.5 Å². The molecule has 0 aliphatic rings. The lowest BCUT2D eigenvalue weighted by Crippen LogP contribution is -2.21. The maximum Gasteiger partial charge on any atom is 0.148 e. The standard InChI is InChI=1S/C30H29ClN4O5S/c1-38-29-16-26-23(15-24(29)27-11-9-22(40-27)17-32-12-13-41(2,36)37)30(34-19-33-26)35-21-8-10-28(25(31)14-21)39-18-20-6-4-3-5-7-20/h3-11,14-16,19,32H,12-13,17-18H2,1-2H3,(H,33,34,35). The van der Waals surface area contributed by atoms with Crippen LogP contribution in [0, 0.1) is 0 Å². The summed E-state index contributed by atoms with van der Waals surface area (Å²) in [4.78, 5) is 8.89. The highest BCUT2D eigenvalue weighted by Gasteiger charge is 2.16. The van der Waals surface area contributed by atoms with E-state index in [1.165, 1.54) is 12.6 Å². The normalized spacial score (nSPS) is 11.5. The molecule has 0 saturated heterocycles. The van der Waals surface area contributed by atoms with E-state index in [1.807, 2.05) is 66.7 Å². The lowest BCUT2D eigenvalue weighted by atomic mass is 10.1. The molecule has 2 heterocycles. The molecule has 0 aliphatic heterocycles. The molecular formula is C30H29ClN4O5S. The highest BCUT2D eigenvalue weighted by molar-refractivity contribution is 7.90. The van der Waals surface area contributed by atoms with Crippen LogP contribution in [0.25, 0.3) is 22.2 Å². The van der Waals surface area contributed by atoms with Crippen LogP contribution in [-0.2, 0) is 23.0 Å². The first-order chi connectivity index (χ1) is 19.8. The lowest BCUT2D eigenvalue weighted by molar-refractivity contribution is 0.306. The zero-order chi connectivity index (χ0) is 28.8. The third-order valence-electron chi connectivity index (χ3n) is 6.26. The molecule has 0 aliphatic carbocycles. The topological polar surface area (TPSA) is 116 Å². The lowest BCUT2D eigenvalue weighted by Gasteiger charge is -2.13. The molecule has 0 bridgehead atoms. The van der Waals surface area contributed by atoms with Crippen LogP contribution in [0.5, 0.6) is 11.5 Å². The number of anilines is 2. The van der Waals surface area contributed by atoms with Gasteiger partial charge < -0.3 is 24.5 Å². The SMILES string of the molecule is COc1cc2ncnc(Nc3ccc(OCc4ccccc4)c(Cl)c3)c2cc1-c1ccc(CNCCS(C)(=O)=O)o1. The zero-order valence-corrected chi connectivity index (χ0v) is 24.1. The summed E-state index contributed by atoms with van der Waals surface area (Å²) < 4.78 is 40.3. The van der Waals surface area contributed by atoms with Gasteiger partial charge in [0.2, 0.25) is 0 Å². The Morgan fingerprint density at radius 1 is 0.976 bits per heavy atom. The second kappa shape index (κ2) is 12.6. The number of fused-ring (bicyclic) bond motifs is 1. The summed E-state index contributed by atoms with van der Waals surface area (Å²) in [6.45, 7) is 1.15. The van der Waals surface area contributed by atoms with Crippen molar-refractivity contribution < 1.29 is 22.3 Å². The number of methoxy groups -OCH3 is 1. The number of furan rings is 1. The first-order valence-electron chi connectivity index (χ1n) is 12.8. The Hall–Kier alpha value is -4.12. The van der Waals surface area contributed by atoms with E-state index in [0.29, 0.717) is 59.1 Å². The van der Waals surface area contributed by atoms with E-state index in [9.17, 15) is 8.42 Å². The van der Waals surface area contributed by atoms with Crippen LogP contribution >= 0.6 is 11.6 Å². The highest BCUT2D eigenvalue weighted by atomic mass is 35.5. The molecule has 5 aromatic rings. The number of sulfone groups is 1. The van der Waals surface area contributed by atoms with Crippen LogP contribution in [0.2, 0.25) is 5.02 Å². The number of hydrogen-bond acceptors (Lipinski definition) is 9. The molecule has 5 rings (SSSR count). The first kappa shape index (κ1) is 28.4. The van der Waals surface area contributed by atoms with Crippen molar-refractivity contribution in [2.45, 2.75) is 13.2 Å². The fraction of sp³-hybridized carbons (Fsp3) is 0.200. The van der Waals surface area contributed by atoms with Gasteiger partial charge in [0.15, 0.2) is 0 Å². The van der Waals surface area contributed by atoms with Crippen LogP contribution in [0.1, 0.15) is 11.3 Å². The summed E-state index contributed by atoms with van der Waals surface area (Å²) >= 11 is 6.53. The van der Waals surface area contributed by atoms with Crippen molar-refractivity contribution in [3.8, 4) is 22.8 Å². The monoisotopic (exact) mass is 592 g/mol. The molecule has 11 heteroatoms. The molecule has 0 spiro atoms. The molecule has 41 heavy (non-hydrogen) atoms. The Balaban J connectivity index is 1.35. The second-order valence-corrected chi connectivity index (χ2v) is 12.1. The van der Waals surface area contributed by atoms with Gasteiger partial charge in [-0.05, 0) is 42.0 Å². The van der Waals surface area contributed by atoms with Crippen molar-refractivity contribution in [1.29, 1.82) is 0 Å². The summed E-state index contributed by atoms with van der Waals surface area (Å²) in [6, 6.07) is 22.8. The maximum absolute atomic E-state index is 11.4. The van der Waals surface area contributed by atoms with Crippen molar-refractivity contribution >= 4 is 43.8 Å². The number of nitrogens with one attached hydrogen (secondary N) is 2. The quantitative estimate of drug-likeness (QED) is 0.168. The van der Waals surface area contributed by atoms with Gasteiger partial charge in [-0.25, -0.2) is 18.4 Å². The Morgan fingerprint density at radius 3 is 2.56 bits per heavy atom. The molecule has 2 N–H and O–H groups in total. The molecule has 9 nitrogen and oxygen atoms in total. The van der Waals surface area contributed by atoms with E-state index in [1.54, 1.807) is 13.2 Å². The van der Waals surface area contributed by atoms with Gasteiger partial charge in [0.1, 0.15) is 51.6 Å². The minimum atomic E-state index is -3.03. The van der Waals surface area contributed by atoms with E-state index < -0.39 is 9.84 Å². The van der Waals surface area contributed by atoms with Gasteiger partial charge in [0.25, 0.3) is 0 Å². The summed E-state index contributed by atoms with van der Waals surface area (Å²) in [5.74, 6) is 3.09. The number of halogens is 1. The van der Waals surface area contributed by atoms with Gasteiger partial charge in [-0.2, -0.15) is 0 Å². The number of benzene rings is 3. The smallest absolute Gasteiger partial charge is 0.148 e. The number of rotatable bonds is 12. The Kier molecular flexibility index (Phi) is 8.72. The molecule has 0 radical (unpaired) electrons. The largest absolute Gasteiger partial charge is 0.496 e. The minimum Gasteiger partial charge on any atom is -0.496 e. The van der Waals surface area contributed by atoms with Crippen molar-refractivity contribution in [3.63, 3.8) is 0 Å². The first-order valence-corrected chi connectivity index (χ1v) is 15.3. The maximum atomic E-state index is 11.4. The fourth-order valence-corrected chi connectivity index (χ4v) is 4.95. The third kappa shape index (κ3) is 7.35. The average Bonchev–Trinajstić information content (AvgIpc) is 3.43. The van der Waals surface area contributed by atoms with Gasteiger partial charge >= 0.3 is 0 Å². The highest BCUT2D eigenvalue weighted by Crippen LogP contribution is 2.37. The zero-order valence-electron chi connectivity index (χ0n) is 22.6. The predicted octanol–water partition coefficient (Wildman–Crippen LogP) is 6.01. The third-order valence-corrected chi connectivity index (χ3v) is 7.51. The average molecular weight is 593 g/mol. The number of ether oxygens (including phenoxy) is 2. The van der Waals surface area contributed by atoms with Crippen LogP contribution in [0.4, 0.5) is 11.5 Å².